The summed E-state index contributed by atoms with van der Waals surface area (Å²) in [6.07, 6.45) is 1.88. The van der Waals surface area contributed by atoms with Gasteiger partial charge in [0.05, 0.1) is 7.11 Å². The van der Waals surface area contributed by atoms with Gasteiger partial charge < -0.3 is 4.74 Å². The second-order valence-corrected chi connectivity index (χ2v) is 7.94. The van der Waals surface area contributed by atoms with E-state index in [2.05, 4.69) is 36.4 Å². The molecule has 2 nitrogen and oxygen atoms in total. The van der Waals surface area contributed by atoms with E-state index in [1.807, 2.05) is 12.3 Å². The molecule has 0 fully saturated rings. The van der Waals surface area contributed by atoms with Crippen LogP contribution in [0.1, 0.15) is 0 Å². The molecule has 0 amide bonds. The van der Waals surface area contributed by atoms with Crippen LogP contribution in [0.2, 0.25) is 13.1 Å². The fourth-order valence-corrected chi connectivity index (χ4v) is 2.15. The summed E-state index contributed by atoms with van der Waals surface area (Å²) >= 11 is 0. The second-order valence-electron chi connectivity index (χ2n) is 3.52. The first-order chi connectivity index (χ1) is 6.10. The van der Waals surface area contributed by atoms with Gasteiger partial charge in [0.1, 0.15) is 8.07 Å². The summed E-state index contributed by atoms with van der Waals surface area (Å²) in [4.78, 5) is 4.18. The van der Waals surface area contributed by atoms with Crippen molar-refractivity contribution in [3.8, 4) is 5.88 Å². The molecule has 13 heavy (non-hydrogen) atoms. The average Bonchev–Trinajstić information content (AvgIpc) is 2.18. The van der Waals surface area contributed by atoms with Gasteiger partial charge in [-0.1, -0.05) is 24.9 Å². The van der Waals surface area contributed by atoms with Gasteiger partial charge in [0.15, 0.2) is 0 Å². The van der Waals surface area contributed by atoms with Crippen LogP contribution in [0.5, 0.6) is 5.88 Å². The van der Waals surface area contributed by atoms with Crippen LogP contribution in [-0.4, -0.2) is 20.2 Å². The molecule has 0 radical (unpaired) electrons. The topological polar surface area (TPSA) is 22.1 Å². The van der Waals surface area contributed by atoms with Crippen LogP contribution >= 0.6 is 0 Å². The van der Waals surface area contributed by atoms with Crippen molar-refractivity contribution in [2.24, 2.45) is 0 Å². The SMILES string of the molecule is C=C[Si](C)(C)c1ccc(OC)nc1. The predicted molar refractivity (Wildman–Crippen MR) is 58.1 cm³/mol. The van der Waals surface area contributed by atoms with E-state index >= 15 is 0 Å². The molecule has 0 aromatic carbocycles. The molecule has 0 aliphatic carbocycles. The normalized spacial score (nSPS) is 11.0. The largest absolute Gasteiger partial charge is 0.481 e. The van der Waals surface area contributed by atoms with E-state index in [1.54, 1.807) is 7.11 Å². The highest BCUT2D eigenvalue weighted by atomic mass is 28.3. The van der Waals surface area contributed by atoms with Crippen molar-refractivity contribution in [2.45, 2.75) is 13.1 Å². The second kappa shape index (κ2) is 3.74. The molecule has 0 spiro atoms. The number of ether oxygens (including phenoxy) is 1. The van der Waals surface area contributed by atoms with Gasteiger partial charge in [-0.25, -0.2) is 4.98 Å². The van der Waals surface area contributed by atoms with Crippen molar-refractivity contribution < 1.29 is 4.74 Å². The highest BCUT2D eigenvalue weighted by Gasteiger charge is 2.18. The predicted octanol–water partition coefficient (Wildman–Crippen LogP) is 1.73. The number of hydrogen-bond donors (Lipinski definition) is 0. The molecular weight excluding hydrogens is 178 g/mol. The number of pyridine rings is 1. The van der Waals surface area contributed by atoms with Gasteiger partial charge in [0.25, 0.3) is 0 Å². The van der Waals surface area contributed by atoms with E-state index in [4.69, 9.17) is 4.74 Å². The van der Waals surface area contributed by atoms with Gasteiger partial charge in [-0.15, -0.1) is 6.58 Å². The number of aromatic nitrogens is 1. The Balaban J connectivity index is 2.98. The van der Waals surface area contributed by atoms with Gasteiger partial charge in [-0.3, -0.25) is 0 Å². The van der Waals surface area contributed by atoms with E-state index in [-0.39, 0.29) is 0 Å². The van der Waals surface area contributed by atoms with Crippen molar-refractivity contribution in [3.05, 3.63) is 30.6 Å². The van der Waals surface area contributed by atoms with Crippen molar-refractivity contribution in [1.29, 1.82) is 0 Å². The molecule has 0 N–H and O–H groups in total. The lowest BCUT2D eigenvalue weighted by Gasteiger charge is -2.16. The minimum absolute atomic E-state index is 0.664. The summed E-state index contributed by atoms with van der Waals surface area (Å²) in [5.41, 5.74) is 2.05. The number of hydrogen-bond acceptors (Lipinski definition) is 2. The van der Waals surface area contributed by atoms with Crippen molar-refractivity contribution in [3.63, 3.8) is 0 Å². The van der Waals surface area contributed by atoms with Gasteiger partial charge in [0, 0.05) is 12.3 Å². The zero-order chi connectivity index (χ0) is 9.90. The zero-order valence-electron chi connectivity index (χ0n) is 8.37. The number of nitrogens with zero attached hydrogens (tertiary/aromatic N) is 1. The molecule has 70 valence electrons. The molecule has 0 aliphatic heterocycles. The maximum absolute atomic E-state index is 4.99. The Kier molecular flexibility index (Phi) is 2.88. The summed E-state index contributed by atoms with van der Waals surface area (Å²) in [7, 11) is 0.180. The Morgan fingerprint density at radius 2 is 2.15 bits per heavy atom. The minimum atomic E-state index is -1.44. The molecular formula is C10H15NOSi. The third-order valence-electron chi connectivity index (χ3n) is 2.20. The summed E-state index contributed by atoms with van der Waals surface area (Å²) in [6, 6.07) is 3.97. The quantitative estimate of drug-likeness (QED) is 0.682. The van der Waals surface area contributed by atoms with Crippen LogP contribution in [0.3, 0.4) is 0 Å². The molecule has 0 atom stereocenters. The third-order valence-corrected chi connectivity index (χ3v) is 5.00. The third kappa shape index (κ3) is 2.18. The smallest absolute Gasteiger partial charge is 0.212 e. The minimum Gasteiger partial charge on any atom is -0.481 e. The summed E-state index contributed by atoms with van der Waals surface area (Å²) in [6.45, 7) is 8.33. The van der Waals surface area contributed by atoms with Crippen molar-refractivity contribution in [2.75, 3.05) is 7.11 Å². The summed E-state index contributed by atoms with van der Waals surface area (Å²) in [5.74, 6) is 0.664. The average molecular weight is 193 g/mol. The van der Waals surface area contributed by atoms with Crippen molar-refractivity contribution >= 4 is 13.3 Å². The van der Waals surface area contributed by atoms with Crippen molar-refractivity contribution in [1.82, 2.24) is 4.98 Å². The molecule has 0 bridgehead atoms. The molecule has 1 heterocycles. The Bertz CT molecular complexity index is 292. The Labute approximate surface area is 80.3 Å². The van der Waals surface area contributed by atoms with Gasteiger partial charge in [-0.2, -0.15) is 0 Å². The number of methoxy groups -OCH3 is 1. The zero-order valence-corrected chi connectivity index (χ0v) is 9.37. The Morgan fingerprint density at radius 1 is 1.46 bits per heavy atom. The maximum atomic E-state index is 4.99. The number of rotatable bonds is 3. The fraction of sp³-hybridized carbons (Fsp3) is 0.300. The van der Waals surface area contributed by atoms with Gasteiger partial charge in [0.2, 0.25) is 5.88 Å². The standard InChI is InChI=1S/C10H15NOSi/c1-5-13(3,4)9-6-7-10(12-2)11-8-9/h5-8H,1H2,2-4H3. The molecule has 0 aliphatic rings. The van der Waals surface area contributed by atoms with Crippen LogP contribution in [-0.2, 0) is 0 Å². The first-order valence-electron chi connectivity index (χ1n) is 4.24. The first-order valence-corrected chi connectivity index (χ1v) is 7.32. The molecule has 1 rings (SSSR count). The van der Waals surface area contributed by atoms with E-state index in [0.717, 1.165) is 0 Å². The highest BCUT2D eigenvalue weighted by molar-refractivity contribution is 6.93. The molecule has 3 heteroatoms. The van der Waals surface area contributed by atoms with Crippen LogP contribution < -0.4 is 9.92 Å². The van der Waals surface area contributed by atoms with Crippen LogP contribution in [0.25, 0.3) is 0 Å². The maximum Gasteiger partial charge on any atom is 0.212 e. The van der Waals surface area contributed by atoms with Gasteiger partial charge in [-0.05, 0) is 5.19 Å². The summed E-state index contributed by atoms with van der Waals surface area (Å²) < 4.78 is 4.99. The summed E-state index contributed by atoms with van der Waals surface area (Å²) in [5, 5.41) is 1.28. The fourth-order valence-electron chi connectivity index (χ4n) is 1.00. The van der Waals surface area contributed by atoms with E-state index in [9.17, 15) is 0 Å². The molecule has 0 unspecified atom stereocenters. The van der Waals surface area contributed by atoms with Crippen LogP contribution in [0.15, 0.2) is 30.6 Å². The Hall–Kier alpha value is -1.09. The molecule has 1 aromatic rings. The monoisotopic (exact) mass is 193 g/mol. The molecule has 0 saturated heterocycles. The molecule has 0 saturated carbocycles. The Morgan fingerprint density at radius 3 is 2.54 bits per heavy atom. The van der Waals surface area contributed by atoms with E-state index < -0.39 is 8.07 Å². The lowest BCUT2D eigenvalue weighted by Crippen LogP contribution is -2.39. The highest BCUT2D eigenvalue weighted by Crippen LogP contribution is 2.06. The first kappa shape index (κ1) is 9.99. The molecule has 1 aromatic heterocycles. The van der Waals surface area contributed by atoms with Gasteiger partial charge >= 0.3 is 0 Å². The van der Waals surface area contributed by atoms with Crippen LogP contribution in [0, 0.1) is 0 Å². The van der Waals surface area contributed by atoms with E-state index in [1.165, 1.54) is 5.19 Å². The van der Waals surface area contributed by atoms with E-state index in [0.29, 0.717) is 5.88 Å². The lowest BCUT2D eigenvalue weighted by molar-refractivity contribution is 0.398. The van der Waals surface area contributed by atoms with Crippen LogP contribution in [0.4, 0.5) is 0 Å². The lowest BCUT2D eigenvalue weighted by atomic mass is 10.5.